The summed E-state index contributed by atoms with van der Waals surface area (Å²) in [6, 6.07) is 0. The highest BCUT2D eigenvalue weighted by molar-refractivity contribution is 6.18. The summed E-state index contributed by atoms with van der Waals surface area (Å²) < 4.78 is 32.7. The Morgan fingerprint density at radius 3 is 1.86 bits per heavy atom. The molecule has 0 N–H and O–H groups in total. The third kappa shape index (κ3) is 6.08. The van der Waals surface area contributed by atoms with Crippen LogP contribution in [0.15, 0.2) is 0 Å². The first-order chi connectivity index (χ1) is 3.06. The smallest absolute Gasteiger partial charge is 0.171 e. The second-order valence-corrected chi connectivity index (χ2v) is 1.21. The number of rotatable bonds is 1. The van der Waals surface area contributed by atoms with Crippen LogP contribution in [0.25, 0.3) is 0 Å². The Hall–Kier alpha value is 0.0800. The molecule has 1 radical (unpaired) electrons. The van der Waals surface area contributed by atoms with Crippen molar-refractivity contribution >= 4 is 11.6 Å². The van der Waals surface area contributed by atoms with Crippen LogP contribution in [0.1, 0.15) is 0 Å². The summed E-state index contributed by atoms with van der Waals surface area (Å²) in [6.07, 6.45) is -4.13. The molecule has 0 rings (SSSR count). The minimum atomic E-state index is -4.21. The van der Waals surface area contributed by atoms with Gasteiger partial charge in [0.15, 0.2) is 0 Å². The molecule has 0 aromatic carbocycles. The fourth-order valence-corrected chi connectivity index (χ4v) is 0.262. The lowest BCUT2D eigenvalue weighted by atomic mass is 10.5. The van der Waals surface area contributed by atoms with Gasteiger partial charge in [-0.15, -0.1) is 11.6 Å². The molecule has 0 aliphatic heterocycles. The predicted molar refractivity (Wildman–Crippen MR) is 21.1 cm³/mol. The molecule has 0 aliphatic carbocycles. The molecular formula is C3H3ClF3. The van der Waals surface area contributed by atoms with Crippen molar-refractivity contribution in [2.24, 2.45) is 0 Å². The van der Waals surface area contributed by atoms with E-state index in [1.807, 2.05) is 0 Å². The molecule has 0 amide bonds. The first-order valence-corrected chi connectivity index (χ1v) is 2.07. The Morgan fingerprint density at radius 1 is 1.43 bits per heavy atom. The number of halogens is 4. The standard InChI is InChI=1S/C3H3ClF3/c4-2-1-3(5,6)7/h1H,2H2. The van der Waals surface area contributed by atoms with Crippen molar-refractivity contribution in [2.75, 3.05) is 5.88 Å². The van der Waals surface area contributed by atoms with Crippen molar-refractivity contribution in [3.8, 4) is 0 Å². The molecule has 0 nitrogen and oxygen atoms in total. The van der Waals surface area contributed by atoms with Crippen molar-refractivity contribution in [1.29, 1.82) is 0 Å². The molecule has 0 aromatic heterocycles. The van der Waals surface area contributed by atoms with E-state index >= 15 is 0 Å². The molecule has 43 valence electrons. The average Bonchev–Trinajstić information content (AvgIpc) is 1.30. The molecule has 7 heavy (non-hydrogen) atoms. The second kappa shape index (κ2) is 2.40. The molecule has 0 heterocycles. The average molecular weight is 132 g/mol. The van der Waals surface area contributed by atoms with Crippen molar-refractivity contribution in [2.45, 2.75) is 6.18 Å². The molecule has 0 unspecified atom stereocenters. The van der Waals surface area contributed by atoms with Crippen LogP contribution in [0.2, 0.25) is 0 Å². The fraction of sp³-hybridized carbons (Fsp3) is 0.667. The van der Waals surface area contributed by atoms with Crippen LogP contribution >= 0.6 is 11.6 Å². The molecule has 4 heteroatoms. The summed E-state index contributed by atoms with van der Waals surface area (Å²) in [5, 5.41) is 0. The molecule has 0 spiro atoms. The van der Waals surface area contributed by atoms with Crippen molar-refractivity contribution in [3.05, 3.63) is 6.42 Å². The maximum Gasteiger partial charge on any atom is 0.393 e. The lowest BCUT2D eigenvalue weighted by Crippen LogP contribution is -2.07. The Kier molecular flexibility index (Phi) is 2.43. The second-order valence-electron chi connectivity index (χ2n) is 0.900. The van der Waals surface area contributed by atoms with Gasteiger partial charge in [0.1, 0.15) is 0 Å². The van der Waals surface area contributed by atoms with E-state index < -0.39 is 12.1 Å². The summed E-state index contributed by atoms with van der Waals surface area (Å²) in [5.41, 5.74) is 0. The highest BCUT2D eigenvalue weighted by atomic mass is 35.5. The highest BCUT2D eigenvalue weighted by Crippen LogP contribution is 2.18. The van der Waals surface area contributed by atoms with Crippen LogP contribution in [0, 0.1) is 6.42 Å². The number of alkyl halides is 4. The van der Waals surface area contributed by atoms with Gasteiger partial charge in [-0.05, 0) is 0 Å². The zero-order valence-corrected chi connectivity index (χ0v) is 4.05. The fourth-order valence-electron chi connectivity index (χ4n) is 0.0875. The van der Waals surface area contributed by atoms with Gasteiger partial charge in [0.2, 0.25) is 0 Å². The van der Waals surface area contributed by atoms with Gasteiger partial charge in [0, 0.05) is 5.88 Å². The van der Waals surface area contributed by atoms with Crippen molar-refractivity contribution in [3.63, 3.8) is 0 Å². The topological polar surface area (TPSA) is 0 Å². The van der Waals surface area contributed by atoms with E-state index in [9.17, 15) is 13.2 Å². The SMILES string of the molecule is FC(F)(F)[CH]CCl. The molecule has 0 aliphatic rings. The quantitative estimate of drug-likeness (QED) is 0.478. The van der Waals surface area contributed by atoms with Crippen LogP contribution in [0.4, 0.5) is 13.2 Å². The van der Waals surface area contributed by atoms with Gasteiger partial charge >= 0.3 is 6.18 Å². The van der Waals surface area contributed by atoms with Crippen molar-refractivity contribution in [1.82, 2.24) is 0 Å². The Balaban J connectivity index is 3.15. The molecular weight excluding hydrogens is 128 g/mol. The lowest BCUT2D eigenvalue weighted by Gasteiger charge is -1.98. The van der Waals surface area contributed by atoms with Gasteiger partial charge < -0.3 is 0 Å². The molecule has 0 saturated carbocycles. The number of hydrogen-bond acceptors (Lipinski definition) is 0. The van der Waals surface area contributed by atoms with E-state index in [1.165, 1.54) is 0 Å². The van der Waals surface area contributed by atoms with Crippen LogP contribution in [0.5, 0.6) is 0 Å². The van der Waals surface area contributed by atoms with Crippen LogP contribution in [0.3, 0.4) is 0 Å². The lowest BCUT2D eigenvalue weighted by molar-refractivity contribution is -0.0949. The van der Waals surface area contributed by atoms with Gasteiger partial charge in [-0.25, -0.2) is 0 Å². The molecule has 0 fully saturated rings. The molecule has 0 saturated heterocycles. The Bertz CT molecular complexity index is 48.6. The Morgan fingerprint density at radius 2 is 1.86 bits per heavy atom. The minimum absolute atomic E-state index is 0.0779. The first-order valence-electron chi connectivity index (χ1n) is 1.53. The van der Waals surface area contributed by atoms with E-state index in [1.54, 1.807) is 0 Å². The third-order valence-corrected chi connectivity index (χ3v) is 0.463. The Labute approximate surface area is 44.3 Å². The van der Waals surface area contributed by atoms with Crippen molar-refractivity contribution < 1.29 is 13.2 Å². The van der Waals surface area contributed by atoms with Crippen LogP contribution < -0.4 is 0 Å². The van der Waals surface area contributed by atoms with E-state index in [0.29, 0.717) is 0 Å². The maximum atomic E-state index is 10.9. The zero-order chi connectivity index (χ0) is 5.91. The summed E-state index contributed by atoms with van der Waals surface area (Å²) in [5.74, 6) is -0.469. The maximum absolute atomic E-state index is 10.9. The van der Waals surface area contributed by atoms with E-state index in [2.05, 4.69) is 0 Å². The largest absolute Gasteiger partial charge is 0.393 e. The summed E-state index contributed by atoms with van der Waals surface area (Å²) in [7, 11) is 0. The minimum Gasteiger partial charge on any atom is -0.171 e. The van der Waals surface area contributed by atoms with Crippen LogP contribution in [-0.2, 0) is 0 Å². The molecule has 0 bridgehead atoms. The van der Waals surface area contributed by atoms with E-state index in [4.69, 9.17) is 11.6 Å². The summed E-state index contributed by atoms with van der Waals surface area (Å²) in [4.78, 5) is 0. The van der Waals surface area contributed by atoms with Gasteiger partial charge in [0.25, 0.3) is 0 Å². The van der Waals surface area contributed by atoms with E-state index in [-0.39, 0.29) is 6.42 Å². The van der Waals surface area contributed by atoms with Crippen LogP contribution in [-0.4, -0.2) is 12.1 Å². The molecule has 0 atom stereocenters. The summed E-state index contributed by atoms with van der Waals surface area (Å²) in [6.45, 7) is 0. The van der Waals surface area contributed by atoms with Gasteiger partial charge in [-0.3, -0.25) is 0 Å². The predicted octanol–water partition coefficient (Wildman–Crippen LogP) is 1.99. The molecule has 0 aromatic rings. The number of hydrogen-bond donors (Lipinski definition) is 0. The highest BCUT2D eigenvalue weighted by Gasteiger charge is 2.25. The zero-order valence-electron chi connectivity index (χ0n) is 3.30. The third-order valence-electron chi connectivity index (χ3n) is 0.309. The summed E-state index contributed by atoms with van der Waals surface area (Å²) >= 11 is 4.71. The van der Waals surface area contributed by atoms with E-state index in [0.717, 1.165) is 0 Å². The van der Waals surface area contributed by atoms with Gasteiger partial charge in [-0.2, -0.15) is 13.2 Å². The first kappa shape index (κ1) is 7.08. The van der Waals surface area contributed by atoms with Gasteiger partial charge in [0.05, 0.1) is 6.42 Å². The monoisotopic (exact) mass is 131 g/mol. The normalized spacial score (nSPS) is 12.0. The van der Waals surface area contributed by atoms with Gasteiger partial charge in [-0.1, -0.05) is 0 Å².